The Labute approximate surface area is 99.6 Å². The summed E-state index contributed by atoms with van der Waals surface area (Å²) in [6.45, 7) is 6.03. The van der Waals surface area contributed by atoms with Crippen molar-refractivity contribution in [1.82, 2.24) is 5.32 Å². The molecule has 1 aliphatic carbocycles. The van der Waals surface area contributed by atoms with E-state index in [9.17, 15) is 5.11 Å². The zero-order chi connectivity index (χ0) is 11.7. The van der Waals surface area contributed by atoms with Crippen LogP contribution in [0.15, 0.2) is 0 Å². The fourth-order valence-electron chi connectivity index (χ4n) is 2.36. The van der Waals surface area contributed by atoms with Gasteiger partial charge in [0.15, 0.2) is 0 Å². The molecule has 1 saturated carbocycles. The quantitative estimate of drug-likeness (QED) is 0.594. The van der Waals surface area contributed by atoms with Crippen molar-refractivity contribution in [2.24, 2.45) is 5.41 Å². The number of unbranched alkanes of at least 4 members (excludes halogenated alkanes) is 1. The van der Waals surface area contributed by atoms with Crippen molar-refractivity contribution in [3.05, 3.63) is 0 Å². The van der Waals surface area contributed by atoms with E-state index in [4.69, 9.17) is 4.74 Å². The van der Waals surface area contributed by atoms with E-state index in [1.54, 1.807) is 0 Å². The Morgan fingerprint density at radius 2 is 2.00 bits per heavy atom. The molecule has 0 aromatic carbocycles. The standard InChI is InChI=1S/C13H27NO2/c1-2-3-9-16-10-8-14-11-13(12-15)6-4-5-7-13/h14-15H,2-12H2,1H3. The fraction of sp³-hybridized carbons (Fsp3) is 1.00. The molecule has 1 aliphatic rings. The molecule has 2 N–H and O–H groups in total. The highest BCUT2D eigenvalue weighted by Crippen LogP contribution is 2.36. The number of hydrogen-bond donors (Lipinski definition) is 2. The van der Waals surface area contributed by atoms with E-state index in [1.165, 1.54) is 32.1 Å². The van der Waals surface area contributed by atoms with Gasteiger partial charge in [-0.05, 0) is 19.3 Å². The maximum absolute atomic E-state index is 9.42. The molecule has 0 atom stereocenters. The van der Waals surface area contributed by atoms with E-state index in [-0.39, 0.29) is 5.41 Å². The number of ether oxygens (including phenoxy) is 1. The minimum Gasteiger partial charge on any atom is -0.396 e. The lowest BCUT2D eigenvalue weighted by Crippen LogP contribution is -2.36. The minimum atomic E-state index is 0.170. The van der Waals surface area contributed by atoms with Crippen molar-refractivity contribution in [1.29, 1.82) is 0 Å². The van der Waals surface area contributed by atoms with Gasteiger partial charge >= 0.3 is 0 Å². The minimum absolute atomic E-state index is 0.170. The lowest BCUT2D eigenvalue weighted by molar-refractivity contribution is 0.111. The number of aliphatic hydroxyl groups is 1. The van der Waals surface area contributed by atoms with Gasteiger partial charge in [-0.1, -0.05) is 26.2 Å². The van der Waals surface area contributed by atoms with E-state index in [2.05, 4.69) is 12.2 Å². The summed E-state index contributed by atoms with van der Waals surface area (Å²) >= 11 is 0. The molecule has 0 amide bonds. The molecule has 0 bridgehead atoms. The van der Waals surface area contributed by atoms with Crippen LogP contribution in [0, 0.1) is 5.41 Å². The SMILES string of the molecule is CCCCOCCNCC1(CO)CCCC1. The van der Waals surface area contributed by atoms with Crippen LogP contribution in [0.2, 0.25) is 0 Å². The van der Waals surface area contributed by atoms with E-state index in [0.29, 0.717) is 6.61 Å². The van der Waals surface area contributed by atoms with Crippen molar-refractivity contribution < 1.29 is 9.84 Å². The smallest absolute Gasteiger partial charge is 0.0590 e. The molecular formula is C13H27NO2. The number of rotatable bonds is 9. The van der Waals surface area contributed by atoms with Crippen LogP contribution in [0.3, 0.4) is 0 Å². The van der Waals surface area contributed by atoms with Crippen LogP contribution in [0.25, 0.3) is 0 Å². The van der Waals surface area contributed by atoms with E-state index in [0.717, 1.165) is 32.7 Å². The van der Waals surface area contributed by atoms with Gasteiger partial charge in [-0.3, -0.25) is 0 Å². The summed E-state index contributed by atoms with van der Waals surface area (Å²) in [6.07, 6.45) is 7.24. The van der Waals surface area contributed by atoms with E-state index >= 15 is 0 Å². The number of nitrogens with one attached hydrogen (secondary N) is 1. The molecule has 0 heterocycles. The Bertz CT molecular complexity index is 167. The molecule has 0 aromatic heterocycles. The van der Waals surface area contributed by atoms with E-state index < -0.39 is 0 Å². The Kier molecular flexibility index (Phi) is 7.01. The first kappa shape index (κ1) is 13.9. The number of hydrogen-bond acceptors (Lipinski definition) is 3. The topological polar surface area (TPSA) is 41.5 Å². The van der Waals surface area contributed by atoms with Gasteiger partial charge < -0.3 is 15.2 Å². The first-order chi connectivity index (χ1) is 7.83. The fourth-order valence-corrected chi connectivity index (χ4v) is 2.36. The first-order valence-corrected chi connectivity index (χ1v) is 6.72. The molecule has 3 nitrogen and oxygen atoms in total. The average Bonchev–Trinajstić information content (AvgIpc) is 2.77. The van der Waals surface area contributed by atoms with Gasteiger partial charge in [-0.2, -0.15) is 0 Å². The van der Waals surface area contributed by atoms with Crippen molar-refractivity contribution in [2.45, 2.75) is 45.4 Å². The lowest BCUT2D eigenvalue weighted by Gasteiger charge is -2.26. The third kappa shape index (κ3) is 4.81. The second-order valence-electron chi connectivity index (χ2n) is 5.01. The Balaban J connectivity index is 1.97. The normalized spacial score (nSPS) is 19.1. The lowest BCUT2D eigenvalue weighted by atomic mass is 9.87. The van der Waals surface area contributed by atoms with E-state index in [1.807, 2.05) is 0 Å². The third-order valence-corrected chi connectivity index (χ3v) is 3.57. The van der Waals surface area contributed by atoms with Crippen molar-refractivity contribution >= 4 is 0 Å². The highest BCUT2D eigenvalue weighted by Gasteiger charge is 2.32. The van der Waals surface area contributed by atoms with Crippen molar-refractivity contribution in [3.8, 4) is 0 Å². The Hall–Kier alpha value is -0.120. The molecule has 0 aromatic rings. The Morgan fingerprint density at radius 3 is 2.62 bits per heavy atom. The highest BCUT2D eigenvalue weighted by atomic mass is 16.5. The van der Waals surface area contributed by atoms with Crippen LogP contribution in [0.5, 0.6) is 0 Å². The number of aliphatic hydroxyl groups excluding tert-OH is 1. The van der Waals surface area contributed by atoms with Crippen LogP contribution >= 0.6 is 0 Å². The molecule has 0 unspecified atom stereocenters. The Morgan fingerprint density at radius 1 is 1.25 bits per heavy atom. The molecular weight excluding hydrogens is 202 g/mol. The molecule has 1 rings (SSSR count). The molecule has 0 saturated heterocycles. The van der Waals surface area contributed by atoms with Crippen molar-refractivity contribution in [2.75, 3.05) is 32.9 Å². The largest absolute Gasteiger partial charge is 0.396 e. The molecule has 3 heteroatoms. The van der Waals surface area contributed by atoms with Crippen LogP contribution in [-0.4, -0.2) is 38.0 Å². The zero-order valence-electron chi connectivity index (χ0n) is 10.6. The van der Waals surface area contributed by atoms with Crippen LogP contribution in [0.1, 0.15) is 45.4 Å². The molecule has 0 aliphatic heterocycles. The van der Waals surface area contributed by atoms with Crippen LogP contribution in [0.4, 0.5) is 0 Å². The molecule has 16 heavy (non-hydrogen) atoms. The van der Waals surface area contributed by atoms with Crippen LogP contribution < -0.4 is 5.32 Å². The predicted octanol–water partition coefficient (Wildman–Crippen LogP) is 1.95. The van der Waals surface area contributed by atoms with Gasteiger partial charge in [0, 0.05) is 31.7 Å². The second kappa shape index (κ2) is 8.04. The van der Waals surface area contributed by atoms with Crippen LogP contribution in [-0.2, 0) is 4.74 Å². The van der Waals surface area contributed by atoms with Gasteiger partial charge in [0.2, 0.25) is 0 Å². The summed E-state index contributed by atoms with van der Waals surface area (Å²) in [5.41, 5.74) is 0.170. The van der Waals surface area contributed by atoms with Crippen molar-refractivity contribution in [3.63, 3.8) is 0 Å². The monoisotopic (exact) mass is 229 g/mol. The predicted molar refractivity (Wildman–Crippen MR) is 66.6 cm³/mol. The van der Waals surface area contributed by atoms with Gasteiger partial charge in [0.25, 0.3) is 0 Å². The highest BCUT2D eigenvalue weighted by molar-refractivity contribution is 4.85. The summed E-state index contributed by atoms with van der Waals surface area (Å²) in [6, 6.07) is 0. The van der Waals surface area contributed by atoms with Gasteiger partial charge in [-0.15, -0.1) is 0 Å². The maximum Gasteiger partial charge on any atom is 0.0590 e. The molecule has 1 fully saturated rings. The molecule has 96 valence electrons. The van der Waals surface area contributed by atoms with Gasteiger partial charge in [0.05, 0.1) is 6.61 Å². The third-order valence-electron chi connectivity index (χ3n) is 3.57. The second-order valence-corrected chi connectivity index (χ2v) is 5.01. The summed E-state index contributed by atoms with van der Waals surface area (Å²) in [4.78, 5) is 0. The van der Waals surface area contributed by atoms with Gasteiger partial charge in [0.1, 0.15) is 0 Å². The zero-order valence-corrected chi connectivity index (χ0v) is 10.6. The first-order valence-electron chi connectivity index (χ1n) is 6.72. The summed E-state index contributed by atoms with van der Waals surface area (Å²) < 4.78 is 5.48. The summed E-state index contributed by atoms with van der Waals surface area (Å²) in [5.74, 6) is 0. The molecule has 0 radical (unpaired) electrons. The summed E-state index contributed by atoms with van der Waals surface area (Å²) in [7, 11) is 0. The molecule has 0 spiro atoms. The maximum atomic E-state index is 9.42. The average molecular weight is 229 g/mol. The van der Waals surface area contributed by atoms with Gasteiger partial charge in [-0.25, -0.2) is 0 Å². The summed E-state index contributed by atoms with van der Waals surface area (Å²) in [5, 5.41) is 12.8.